The van der Waals surface area contributed by atoms with Crippen LogP contribution in [0.15, 0.2) is 79.0 Å². The minimum atomic E-state index is 0.0192. The number of ether oxygens (including phenoxy) is 1. The van der Waals surface area contributed by atoms with Gasteiger partial charge >= 0.3 is 0 Å². The maximum Gasteiger partial charge on any atom is 0.197 e. The number of H-pyrrole nitrogens is 1. The van der Waals surface area contributed by atoms with Gasteiger partial charge in [-0.1, -0.05) is 73.7 Å². The molecule has 7 heteroatoms. The van der Waals surface area contributed by atoms with Crippen LogP contribution in [0, 0.1) is 0 Å². The molecule has 0 bridgehead atoms. The molecule has 1 aliphatic rings. The molecule has 1 N–H and O–H groups in total. The molecular formula is C31H30N6O. The summed E-state index contributed by atoms with van der Waals surface area (Å²) in [4.78, 5) is 0. The van der Waals surface area contributed by atoms with E-state index in [1.165, 1.54) is 34.3 Å². The van der Waals surface area contributed by atoms with Gasteiger partial charge in [0.05, 0.1) is 11.7 Å². The number of nitrogens with zero attached hydrogens (tertiary/aromatic N) is 5. The Balaban J connectivity index is 1.42. The molecule has 1 saturated heterocycles. The van der Waals surface area contributed by atoms with E-state index in [-0.39, 0.29) is 6.23 Å². The van der Waals surface area contributed by atoms with Gasteiger partial charge in [-0.2, -0.15) is 10.3 Å². The molecular weight excluding hydrogens is 472 g/mol. The van der Waals surface area contributed by atoms with Gasteiger partial charge < -0.3 is 4.74 Å². The van der Waals surface area contributed by atoms with Gasteiger partial charge in [0.25, 0.3) is 0 Å². The Hall–Kier alpha value is -4.36. The molecule has 0 radical (unpaired) electrons. The smallest absolute Gasteiger partial charge is 0.197 e. The lowest BCUT2D eigenvalue weighted by molar-refractivity contribution is -0.0366. The van der Waals surface area contributed by atoms with Gasteiger partial charge in [0.15, 0.2) is 12.1 Å². The van der Waals surface area contributed by atoms with Gasteiger partial charge in [-0.25, -0.2) is 4.68 Å². The molecule has 2 aromatic heterocycles. The highest BCUT2D eigenvalue weighted by atomic mass is 16.5. The van der Waals surface area contributed by atoms with Gasteiger partial charge in [0, 0.05) is 12.0 Å². The van der Waals surface area contributed by atoms with Gasteiger partial charge in [-0.3, -0.25) is 0 Å². The molecule has 1 atom stereocenters. The molecule has 1 fully saturated rings. The summed E-state index contributed by atoms with van der Waals surface area (Å²) >= 11 is 0. The fourth-order valence-corrected chi connectivity index (χ4v) is 5.21. The average Bonchev–Trinajstić information content (AvgIpc) is 3.66. The highest BCUT2D eigenvalue weighted by Crippen LogP contribution is 2.36. The summed E-state index contributed by atoms with van der Waals surface area (Å²) in [6.45, 7) is 3.02. The normalized spacial score (nSPS) is 16.7. The van der Waals surface area contributed by atoms with Crippen molar-refractivity contribution in [3.63, 3.8) is 0 Å². The summed E-state index contributed by atoms with van der Waals surface area (Å²) in [5.74, 6) is 0.555. The van der Waals surface area contributed by atoms with Crippen molar-refractivity contribution < 1.29 is 4.74 Å². The third-order valence-electron chi connectivity index (χ3n) is 7.08. The number of aromatic nitrogens is 6. The molecule has 7 nitrogen and oxygen atoms in total. The molecule has 3 aromatic carbocycles. The number of nitrogens with one attached hydrogen (secondary N) is 1. The van der Waals surface area contributed by atoms with Crippen molar-refractivity contribution in [2.75, 3.05) is 6.61 Å². The van der Waals surface area contributed by atoms with Gasteiger partial charge in [0.1, 0.15) is 0 Å². The minimum absolute atomic E-state index is 0.0192. The SMILES string of the molecule is CCC(=C(c1ccc(C=Cc2nn[nH]n2)cc1)c1ccc2c(cnn2C2CCCCO2)c1)c1ccccc1. The fraction of sp³-hybridized carbons (Fsp3) is 0.226. The Bertz CT molecular complexity index is 1560. The Morgan fingerprint density at radius 3 is 2.55 bits per heavy atom. The number of rotatable bonds is 7. The zero-order chi connectivity index (χ0) is 25.7. The number of aromatic amines is 1. The first-order valence-corrected chi connectivity index (χ1v) is 13.2. The van der Waals surface area contributed by atoms with Crippen LogP contribution in [-0.2, 0) is 4.74 Å². The lowest BCUT2D eigenvalue weighted by atomic mass is 9.87. The van der Waals surface area contributed by atoms with E-state index in [0.717, 1.165) is 42.3 Å². The van der Waals surface area contributed by atoms with E-state index in [1.807, 2.05) is 23.0 Å². The van der Waals surface area contributed by atoms with E-state index in [1.54, 1.807) is 0 Å². The fourth-order valence-electron chi connectivity index (χ4n) is 5.21. The second kappa shape index (κ2) is 10.9. The molecule has 0 spiro atoms. The number of hydrogen-bond donors (Lipinski definition) is 1. The Labute approximate surface area is 221 Å². The van der Waals surface area contributed by atoms with E-state index in [0.29, 0.717) is 5.82 Å². The Morgan fingerprint density at radius 2 is 1.82 bits per heavy atom. The van der Waals surface area contributed by atoms with Crippen molar-refractivity contribution in [3.8, 4) is 0 Å². The predicted octanol–water partition coefficient (Wildman–Crippen LogP) is 6.79. The van der Waals surface area contributed by atoms with Crippen LogP contribution in [0.4, 0.5) is 0 Å². The Morgan fingerprint density at radius 1 is 0.974 bits per heavy atom. The second-order valence-electron chi connectivity index (χ2n) is 9.48. The van der Waals surface area contributed by atoms with Crippen LogP contribution in [0.1, 0.15) is 66.9 Å². The van der Waals surface area contributed by atoms with Crippen molar-refractivity contribution >= 4 is 34.2 Å². The van der Waals surface area contributed by atoms with Crippen LogP contribution in [0.5, 0.6) is 0 Å². The number of allylic oxidation sites excluding steroid dienone is 1. The topological polar surface area (TPSA) is 81.5 Å². The number of fused-ring (bicyclic) bond motifs is 1. The maximum atomic E-state index is 6.02. The average molecular weight is 503 g/mol. The number of hydrogen-bond acceptors (Lipinski definition) is 5. The number of tetrazole rings is 1. The third kappa shape index (κ3) is 4.93. The van der Waals surface area contributed by atoms with Crippen LogP contribution >= 0.6 is 0 Å². The molecule has 0 aliphatic carbocycles. The van der Waals surface area contributed by atoms with Crippen molar-refractivity contribution in [1.29, 1.82) is 0 Å². The van der Waals surface area contributed by atoms with Crippen LogP contribution < -0.4 is 0 Å². The molecule has 190 valence electrons. The maximum absolute atomic E-state index is 6.02. The zero-order valence-electron chi connectivity index (χ0n) is 21.4. The molecule has 1 aliphatic heterocycles. The van der Waals surface area contributed by atoms with Crippen molar-refractivity contribution in [2.45, 2.75) is 38.8 Å². The first-order valence-electron chi connectivity index (χ1n) is 13.2. The molecule has 1 unspecified atom stereocenters. The summed E-state index contributed by atoms with van der Waals surface area (Å²) in [6.07, 6.45) is 10.0. The highest BCUT2D eigenvalue weighted by molar-refractivity contribution is 6.00. The zero-order valence-corrected chi connectivity index (χ0v) is 21.4. The summed E-state index contributed by atoms with van der Waals surface area (Å²) in [5, 5.41) is 19.9. The molecule has 6 rings (SSSR count). The largest absolute Gasteiger partial charge is 0.356 e. The van der Waals surface area contributed by atoms with Crippen LogP contribution in [0.2, 0.25) is 0 Å². The summed E-state index contributed by atoms with van der Waals surface area (Å²) < 4.78 is 8.06. The van der Waals surface area contributed by atoms with E-state index >= 15 is 0 Å². The quantitative estimate of drug-likeness (QED) is 0.248. The van der Waals surface area contributed by atoms with Crippen LogP contribution in [0.3, 0.4) is 0 Å². The first kappa shape index (κ1) is 24.0. The molecule has 0 saturated carbocycles. The second-order valence-corrected chi connectivity index (χ2v) is 9.48. The lowest BCUT2D eigenvalue weighted by Crippen LogP contribution is -2.18. The summed E-state index contributed by atoms with van der Waals surface area (Å²) in [7, 11) is 0. The summed E-state index contributed by atoms with van der Waals surface area (Å²) in [5.41, 5.74) is 8.30. The van der Waals surface area contributed by atoms with E-state index in [2.05, 4.69) is 100 Å². The van der Waals surface area contributed by atoms with E-state index in [4.69, 9.17) is 9.84 Å². The number of benzene rings is 3. The molecule has 5 aromatic rings. The van der Waals surface area contributed by atoms with Gasteiger partial charge in [-0.15, -0.1) is 10.2 Å². The van der Waals surface area contributed by atoms with Crippen LogP contribution in [-0.4, -0.2) is 37.0 Å². The Kier molecular flexibility index (Phi) is 6.91. The molecule has 0 amide bonds. The standard InChI is InChI=1S/C31H30N6O/c1-2-27(23-8-4-3-5-9-23)31(24-14-11-22(12-15-24)13-18-29-33-35-36-34-29)25-16-17-28-26(20-25)21-32-37(28)30-10-6-7-19-38-30/h3-5,8-9,11-18,20-21,30H,2,6-7,10,19H2,1H3,(H,33,34,35,36). The van der Waals surface area contributed by atoms with E-state index < -0.39 is 0 Å². The third-order valence-corrected chi connectivity index (χ3v) is 7.08. The van der Waals surface area contributed by atoms with Crippen molar-refractivity contribution in [2.24, 2.45) is 0 Å². The lowest BCUT2D eigenvalue weighted by Gasteiger charge is -2.23. The highest BCUT2D eigenvalue weighted by Gasteiger charge is 2.20. The molecule has 3 heterocycles. The van der Waals surface area contributed by atoms with Crippen molar-refractivity contribution in [3.05, 3.63) is 107 Å². The van der Waals surface area contributed by atoms with Crippen LogP contribution in [0.25, 0.3) is 34.2 Å². The monoisotopic (exact) mass is 502 g/mol. The predicted molar refractivity (Wildman–Crippen MR) is 151 cm³/mol. The molecule has 38 heavy (non-hydrogen) atoms. The van der Waals surface area contributed by atoms with E-state index in [9.17, 15) is 0 Å². The summed E-state index contributed by atoms with van der Waals surface area (Å²) in [6, 6.07) is 26.0. The van der Waals surface area contributed by atoms with Gasteiger partial charge in [0.2, 0.25) is 0 Å². The van der Waals surface area contributed by atoms with Crippen molar-refractivity contribution in [1.82, 2.24) is 30.4 Å². The first-order chi connectivity index (χ1) is 18.8. The minimum Gasteiger partial charge on any atom is -0.356 e. The van der Waals surface area contributed by atoms with Gasteiger partial charge in [-0.05, 0) is 82.5 Å².